The highest BCUT2D eigenvalue weighted by Gasteiger charge is 2.28. The Balaban J connectivity index is 2.67. The molecule has 0 spiro atoms. The average molecular weight is 376 g/mol. The van der Waals surface area contributed by atoms with Crippen LogP contribution in [0.1, 0.15) is 39.7 Å². The number of carboxylic acids is 1. The molecule has 0 fully saturated rings. The summed E-state index contributed by atoms with van der Waals surface area (Å²) in [5.41, 5.74) is 1.78. The second kappa shape index (κ2) is 11.0. The van der Waals surface area contributed by atoms with Crippen LogP contribution >= 0.6 is 0 Å². The number of ether oxygens (including phenoxy) is 1. The predicted molar refractivity (Wildman–Crippen MR) is 102 cm³/mol. The van der Waals surface area contributed by atoms with Crippen LogP contribution in [0.25, 0.3) is 0 Å². The van der Waals surface area contributed by atoms with Gasteiger partial charge in [-0.3, -0.25) is 4.79 Å². The van der Waals surface area contributed by atoms with Gasteiger partial charge in [-0.05, 0) is 31.7 Å². The fraction of sp³-hybridized carbons (Fsp3) is 0.450. The summed E-state index contributed by atoms with van der Waals surface area (Å²) < 4.78 is 5.13. The molecule has 7 nitrogen and oxygen atoms in total. The molecule has 0 aliphatic rings. The van der Waals surface area contributed by atoms with Crippen LogP contribution < -0.4 is 10.6 Å². The average Bonchev–Trinajstić information content (AvgIpc) is 2.61. The van der Waals surface area contributed by atoms with Crippen molar-refractivity contribution in [2.24, 2.45) is 5.92 Å². The Morgan fingerprint density at radius 2 is 1.74 bits per heavy atom. The summed E-state index contributed by atoms with van der Waals surface area (Å²) >= 11 is 0. The van der Waals surface area contributed by atoms with Gasteiger partial charge in [0.05, 0.1) is 0 Å². The monoisotopic (exact) mass is 376 g/mol. The summed E-state index contributed by atoms with van der Waals surface area (Å²) in [6.07, 6.45) is 1.18. The van der Waals surface area contributed by atoms with Crippen molar-refractivity contribution < 1.29 is 24.2 Å². The van der Waals surface area contributed by atoms with E-state index in [1.807, 2.05) is 44.2 Å². The zero-order valence-corrected chi connectivity index (χ0v) is 16.2. The number of carbonyl (C=O) groups is 3. The standard InChI is InChI=1S/C20H28N2O5/c1-13(2)10-11-16(19(24)25)21-18(23)17(14(3)4)22-20(26)27-12-15-8-6-5-7-9-15/h5-10,14,16-17H,11-12H2,1-4H3,(H,21,23)(H,22,26)(H,24,25)/t16-,17-/m1/s1. The van der Waals surface area contributed by atoms with E-state index in [0.717, 1.165) is 11.1 Å². The van der Waals surface area contributed by atoms with E-state index >= 15 is 0 Å². The minimum absolute atomic E-state index is 0.0808. The lowest BCUT2D eigenvalue weighted by atomic mass is 10.0. The Bertz CT molecular complexity index is 666. The van der Waals surface area contributed by atoms with Gasteiger partial charge in [-0.2, -0.15) is 0 Å². The maximum atomic E-state index is 12.5. The first-order valence-electron chi connectivity index (χ1n) is 8.84. The SMILES string of the molecule is CC(C)=CC[C@@H](NC(=O)[C@H](NC(=O)OCc1ccccc1)C(C)C)C(=O)O. The number of aliphatic carboxylic acids is 1. The number of amides is 2. The molecular weight excluding hydrogens is 348 g/mol. The molecule has 148 valence electrons. The van der Waals surface area contributed by atoms with Crippen LogP contribution in [0.2, 0.25) is 0 Å². The number of nitrogens with one attached hydrogen (secondary N) is 2. The summed E-state index contributed by atoms with van der Waals surface area (Å²) in [5, 5.41) is 14.3. The van der Waals surface area contributed by atoms with Crippen LogP contribution in [-0.4, -0.2) is 35.2 Å². The molecule has 0 saturated carbocycles. The van der Waals surface area contributed by atoms with E-state index in [4.69, 9.17) is 4.74 Å². The first-order valence-corrected chi connectivity index (χ1v) is 8.84. The van der Waals surface area contributed by atoms with Gasteiger partial charge in [0.15, 0.2) is 0 Å². The van der Waals surface area contributed by atoms with Gasteiger partial charge in [-0.1, -0.05) is 55.8 Å². The van der Waals surface area contributed by atoms with Crippen molar-refractivity contribution in [3.05, 3.63) is 47.5 Å². The molecule has 7 heteroatoms. The molecule has 27 heavy (non-hydrogen) atoms. The highest BCUT2D eigenvalue weighted by atomic mass is 16.5. The molecule has 1 aromatic rings. The lowest BCUT2D eigenvalue weighted by molar-refractivity contribution is -0.142. The topological polar surface area (TPSA) is 105 Å². The number of benzene rings is 1. The lowest BCUT2D eigenvalue weighted by Gasteiger charge is -2.23. The molecule has 3 N–H and O–H groups in total. The van der Waals surface area contributed by atoms with E-state index in [1.165, 1.54) is 0 Å². The summed E-state index contributed by atoms with van der Waals surface area (Å²) in [6, 6.07) is 7.20. The quantitative estimate of drug-likeness (QED) is 0.575. The second-order valence-corrected chi connectivity index (χ2v) is 6.84. The number of carboxylic acid groups (broad SMARTS) is 1. The number of hydrogen-bond donors (Lipinski definition) is 3. The molecule has 1 aromatic carbocycles. The fourth-order valence-corrected chi connectivity index (χ4v) is 2.26. The normalized spacial score (nSPS) is 12.6. The van der Waals surface area contributed by atoms with E-state index in [0.29, 0.717) is 0 Å². The van der Waals surface area contributed by atoms with Gasteiger partial charge < -0.3 is 20.5 Å². The Kier molecular flexibility index (Phi) is 9.05. The summed E-state index contributed by atoms with van der Waals surface area (Å²) in [4.78, 5) is 35.9. The van der Waals surface area contributed by atoms with Gasteiger partial charge in [-0.15, -0.1) is 0 Å². The first kappa shape index (κ1) is 22.2. The third-order valence-corrected chi connectivity index (χ3v) is 3.81. The number of rotatable bonds is 9. The van der Waals surface area contributed by atoms with E-state index < -0.39 is 30.1 Å². The zero-order valence-electron chi connectivity index (χ0n) is 16.2. The molecule has 2 amide bonds. The van der Waals surface area contributed by atoms with Crippen LogP contribution in [0.5, 0.6) is 0 Å². The van der Waals surface area contributed by atoms with Crippen LogP contribution in [0.4, 0.5) is 4.79 Å². The van der Waals surface area contributed by atoms with Gasteiger partial charge in [-0.25, -0.2) is 9.59 Å². The van der Waals surface area contributed by atoms with Crippen LogP contribution in [0, 0.1) is 5.92 Å². The van der Waals surface area contributed by atoms with E-state index in [2.05, 4.69) is 10.6 Å². The number of allylic oxidation sites excluding steroid dienone is 1. The number of alkyl carbamates (subject to hydrolysis) is 1. The minimum Gasteiger partial charge on any atom is -0.480 e. The molecule has 0 bridgehead atoms. The van der Waals surface area contributed by atoms with Crippen LogP contribution in [-0.2, 0) is 20.9 Å². The van der Waals surface area contributed by atoms with Gasteiger partial charge in [0, 0.05) is 0 Å². The lowest BCUT2D eigenvalue weighted by Crippen LogP contribution is -2.53. The third-order valence-electron chi connectivity index (χ3n) is 3.81. The Hall–Kier alpha value is -2.83. The van der Waals surface area contributed by atoms with Gasteiger partial charge in [0.2, 0.25) is 5.91 Å². The van der Waals surface area contributed by atoms with Crippen molar-refractivity contribution in [1.82, 2.24) is 10.6 Å². The maximum Gasteiger partial charge on any atom is 0.408 e. The van der Waals surface area contributed by atoms with Crippen molar-refractivity contribution in [2.45, 2.75) is 52.8 Å². The van der Waals surface area contributed by atoms with Crippen molar-refractivity contribution in [3.8, 4) is 0 Å². The summed E-state index contributed by atoms with van der Waals surface area (Å²) in [7, 11) is 0. The largest absolute Gasteiger partial charge is 0.480 e. The smallest absolute Gasteiger partial charge is 0.408 e. The molecular formula is C20H28N2O5. The van der Waals surface area contributed by atoms with E-state index in [9.17, 15) is 19.5 Å². The Morgan fingerprint density at radius 3 is 2.26 bits per heavy atom. The molecule has 0 aliphatic carbocycles. The van der Waals surface area contributed by atoms with E-state index in [-0.39, 0.29) is 18.9 Å². The van der Waals surface area contributed by atoms with E-state index in [1.54, 1.807) is 19.9 Å². The third kappa shape index (κ3) is 8.40. The Morgan fingerprint density at radius 1 is 1.11 bits per heavy atom. The first-order chi connectivity index (χ1) is 12.7. The summed E-state index contributed by atoms with van der Waals surface area (Å²) in [5.74, 6) is -1.93. The Labute approximate surface area is 159 Å². The highest BCUT2D eigenvalue weighted by molar-refractivity contribution is 5.89. The molecule has 2 atom stereocenters. The van der Waals surface area contributed by atoms with Gasteiger partial charge >= 0.3 is 12.1 Å². The second-order valence-electron chi connectivity index (χ2n) is 6.84. The molecule has 0 unspecified atom stereocenters. The minimum atomic E-state index is -1.13. The van der Waals surface area contributed by atoms with Gasteiger partial charge in [0.1, 0.15) is 18.7 Å². The molecule has 1 rings (SSSR count). The molecule has 0 radical (unpaired) electrons. The number of carbonyl (C=O) groups excluding carboxylic acids is 2. The zero-order chi connectivity index (χ0) is 20.4. The van der Waals surface area contributed by atoms with Crippen molar-refractivity contribution in [1.29, 1.82) is 0 Å². The van der Waals surface area contributed by atoms with Crippen molar-refractivity contribution in [2.75, 3.05) is 0 Å². The van der Waals surface area contributed by atoms with Crippen LogP contribution in [0.15, 0.2) is 42.0 Å². The number of hydrogen-bond acceptors (Lipinski definition) is 4. The molecule has 0 heterocycles. The highest BCUT2D eigenvalue weighted by Crippen LogP contribution is 2.07. The molecule has 0 aliphatic heterocycles. The van der Waals surface area contributed by atoms with Gasteiger partial charge in [0.25, 0.3) is 0 Å². The van der Waals surface area contributed by atoms with Crippen molar-refractivity contribution >= 4 is 18.0 Å². The summed E-state index contributed by atoms with van der Waals surface area (Å²) in [6.45, 7) is 7.29. The fourth-order valence-electron chi connectivity index (χ4n) is 2.26. The molecule has 0 saturated heterocycles. The van der Waals surface area contributed by atoms with Crippen molar-refractivity contribution in [3.63, 3.8) is 0 Å². The van der Waals surface area contributed by atoms with Crippen LogP contribution in [0.3, 0.4) is 0 Å². The molecule has 0 aromatic heterocycles. The predicted octanol–water partition coefficient (Wildman–Crippen LogP) is 2.86. The maximum absolute atomic E-state index is 12.5.